The summed E-state index contributed by atoms with van der Waals surface area (Å²) in [4.78, 5) is 15.9. The zero-order valence-electron chi connectivity index (χ0n) is 10.8. The maximum absolute atomic E-state index is 13.0. The number of hydrogen-bond acceptors (Lipinski definition) is 3. The summed E-state index contributed by atoms with van der Waals surface area (Å²) in [6, 6.07) is 6.43. The first kappa shape index (κ1) is 13.3. The van der Waals surface area contributed by atoms with Crippen LogP contribution in [0.5, 0.6) is 0 Å². The lowest BCUT2D eigenvalue weighted by Crippen LogP contribution is -2.24. The molecule has 0 aliphatic rings. The lowest BCUT2D eigenvalue weighted by atomic mass is 10.1. The lowest BCUT2D eigenvalue weighted by Gasteiger charge is -2.07. The zero-order valence-corrected chi connectivity index (χ0v) is 10.8. The van der Waals surface area contributed by atoms with E-state index in [0.717, 1.165) is 5.56 Å². The van der Waals surface area contributed by atoms with Gasteiger partial charge in [-0.05, 0) is 31.0 Å². The molecule has 5 heteroatoms. The Morgan fingerprint density at radius 3 is 3.00 bits per heavy atom. The topological polar surface area (TPSA) is 46.9 Å². The Morgan fingerprint density at radius 1 is 1.42 bits per heavy atom. The molecule has 1 heterocycles. The first-order valence-corrected chi connectivity index (χ1v) is 6.24. The number of nitrogens with zero attached hydrogens (tertiary/aromatic N) is 2. The summed E-state index contributed by atoms with van der Waals surface area (Å²) >= 11 is 0. The van der Waals surface area contributed by atoms with Gasteiger partial charge in [-0.15, -0.1) is 0 Å². The molecule has 1 aromatic heterocycles. The molecule has 0 fully saturated rings. The Balaban J connectivity index is 1.98. The maximum atomic E-state index is 13.0. The van der Waals surface area contributed by atoms with Gasteiger partial charge in [0, 0.05) is 25.5 Å². The fourth-order valence-corrected chi connectivity index (χ4v) is 1.84. The molecule has 1 N–H and O–H groups in total. The Hall–Kier alpha value is -2.17. The number of anilines is 1. The minimum atomic E-state index is -0.247. The molecular formula is C14H16FN3O. The monoisotopic (exact) mass is 261 g/mol. The number of hydrogen-bond donors (Lipinski definition) is 1. The summed E-state index contributed by atoms with van der Waals surface area (Å²) < 4.78 is 14.6. The second-order valence-corrected chi connectivity index (χ2v) is 4.17. The summed E-state index contributed by atoms with van der Waals surface area (Å²) in [6.07, 6.45) is 3.88. The smallest absolute Gasteiger partial charge is 0.293 e. The van der Waals surface area contributed by atoms with Crippen molar-refractivity contribution in [3.8, 4) is 0 Å². The SMILES string of the molecule is CCn1ccnc(NCCc2cccc(F)c2)c1=O. The minimum Gasteiger partial charge on any atom is -0.365 e. The van der Waals surface area contributed by atoms with Gasteiger partial charge in [0.25, 0.3) is 5.56 Å². The molecule has 0 spiro atoms. The van der Waals surface area contributed by atoms with E-state index >= 15 is 0 Å². The molecule has 0 unspecified atom stereocenters. The molecule has 0 amide bonds. The molecule has 0 saturated carbocycles. The van der Waals surface area contributed by atoms with Crippen molar-refractivity contribution >= 4 is 5.82 Å². The Morgan fingerprint density at radius 2 is 2.26 bits per heavy atom. The molecule has 0 atom stereocenters. The predicted octanol–water partition coefficient (Wildman–Crippen LogP) is 2.06. The van der Waals surface area contributed by atoms with E-state index in [2.05, 4.69) is 10.3 Å². The van der Waals surface area contributed by atoms with Crippen LogP contribution >= 0.6 is 0 Å². The molecule has 0 saturated heterocycles. The number of rotatable bonds is 5. The summed E-state index contributed by atoms with van der Waals surface area (Å²) in [5, 5.41) is 2.99. The molecule has 0 aliphatic carbocycles. The van der Waals surface area contributed by atoms with Crippen LogP contribution in [0.3, 0.4) is 0 Å². The van der Waals surface area contributed by atoms with Gasteiger partial charge in [-0.25, -0.2) is 9.37 Å². The second-order valence-electron chi connectivity index (χ2n) is 4.17. The van der Waals surface area contributed by atoms with E-state index in [9.17, 15) is 9.18 Å². The third-order valence-electron chi connectivity index (χ3n) is 2.85. The third-order valence-corrected chi connectivity index (χ3v) is 2.85. The summed E-state index contributed by atoms with van der Waals surface area (Å²) in [6.45, 7) is 3.05. The fourth-order valence-electron chi connectivity index (χ4n) is 1.84. The van der Waals surface area contributed by atoms with Gasteiger partial charge >= 0.3 is 0 Å². The van der Waals surface area contributed by atoms with E-state index < -0.39 is 0 Å². The van der Waals surface area contributed by atoms with E-state index in [-0.39, 0.29) is 11.4 Å². The van der Waals surface area contributed by atoms with Gasteiger partial charge in [-0.1, -0.05) is 12.1 Å². The molecule has 1 aromatic carbocycles. The maximum Gasteiger partial charge on any atom is 0.293 e. The van der Waals surface area contributed by atoms with Crippen LogP contribution < -0.4 is 10.9 Å². The number of nitrogens with one attached hydrogen (secondary N) is 1. The molecule has 100 valence electrons. The van der Waals surface area contributed by atoms with Gasteiger partial charge in [0.05, 0.1) is 0 Å². The van der Waals surface area contributed by atoms with Crippen molar-refractivity contribution in [1.29, 1.82) is 0 Å². The summed E-state index contributed by atoms with van der Waals surface area (Å²) in [7, 11) is 0. The lowest BCUT2D eigenvalue weighted by molar-refractivity contribution is 0.625. The van der Waals surface area contributed by atoms with Gasteiger partial charge in [0.1, 0.15) is 5.82 Å². The van der Waals surface area contributed by atoms with E-state index in [1.807, 2.05) is 13.0 Å². The third kappa shape index (κ3) is 3.40. The van der Waals surface area contributed by atoms with Gasteiger partial charge < -0.3 is 9.88 Å². The van der Waals surface area contributed by atoms with Gasteiger partial charge in [0.2, 0.25) is 0 Å². The highest BCUT2D eigenvalue weighted by molar-refractivity contribution is 5.31. The van der Waals surface area contributed by atoms with E-state index in [0.29, 0.717) is 25.3 Å². The predicted molar refractivity (Wildman–Crippen MR) is 72.8 cm³/mol. The van der Waals surface area contributed by atoms with E-state index in [1.165, 1.54) is 12.1 Å². The molecule has 19 heavy (non-hydrogen) atoms. The van der Waals surface area contributed by atoms with Crippen molar-refractivity contribution in [2.24, 2.45) is 0 Å². The average Bonchev–Trinajstić information content (AvgIpc) is 2.41. The standard InChI is InChI=1S/C14H16FN3O/c1-2-18-9-8-17-13(14(18)19)16-7-6-11-4-3-5-12(15)10-11/h3-5,8-10H,2,6-7H2,1H3,(H,16,17). The van der Waals surface area contributed by atoms with Crippen LogP contribution in [0.4, 0.5) is 10.2 Å². The highest BCUT2D eigenvalue weighted by atomic mass is 19.1. The first-order chi connectivity index (χ1) is 9.20. The molecule has 4 nitrogen and oxygen atoms in total. The van der Waals surface area contributed by atoms with Crippen molar-refractivity contribution in [1.82, 2.24) is 9.55 Å². The van der Waals surface area contributed by atoms with Crippen molar-refractivity contribution in [3.05, 3.63) is 58.4 Å². The minimum absolute atomic E-state index is 0.135. The number of aryl methyl sites for hydroxylation is 1. The van der Waals surface area contributed by atoms with Crippen LogP contribution in [0.2, 0.25) is 0 Å². The first-order valence-electron chi connectivity index (χ1n) is 6.24. The fraction of sp³-hybridized carbons (Fsp3) is 0.286. The van der Waals surface area contributed by atoms with Crippen LogP contribution in [-0.4, -0.2) is 16.1 Å². The van der Waals surface area contributed by atoms with Crippen molar-refractivity contribution in [3.63, 3.8) is 0 Å². The largest absolute Gasteiger partial charge is 0.365 e. The number of halogens is 1. The van der Waals surface area contributed by atoms with Crippen LogP contribution in [0, 0.1) is 5.82 Å². The molecular weight excluding hydrogens is 245 g/mol. The van der Waals surface area contributed by atoms with Crippen LogP contribution in [0.15, 0.2) is 41.5 Å². The van der Waals surface area contributed by atoms with E-state index in [4.69, 9.17) is 0 Å². The van der Waals surface area contributed by atoms with Crippen LogP contribution in [-0.2, 0) is 13.0 Å². The quantitative estimate of drug-likeness (QED) is 0.896. The Labute approximate surface area is 110 Å². The van der Waals surface area contributed by atoms with Crippen molar-refractivity contribution in [2.75, 3.05) is 11.9 Å². The Bertz CT molecular complexity index is 610. The van der Waals surface area contributed by atoms with Crippen LogP contribution in [0.25, 0.3) is 0 Å². The Kier molecular flexibility index (Phi) is 4.28. The van der Waals surface area contributed by atoms with Crippen molar-refractivity contribution in [2.45, 2.75) is 19.9 Å². The van der Waals surface area contributed by atoms with Gasteiger partial charge in [0.15, 0.2) is 5.82 Å². The van der Waals surface area contributed by atoms with Crippen molar-refractivity contribution < 1.29 is 4.39 Å². The summed E-state index contributed by atoms with van der Waals surface area (Å²) in [5.41, 5.74) is 0.753. The summed E-state index contributed by atoms with van der Waals surface area (Å²) in [5.74, 6) is 0.0874. The number of aromatic nitrogens is 2. The molecule has 0 aliphatic heterocycles. The van der Waals surface area contributed by atoms with Gasteiger partial charge in [-0.2, -0.15) is 0 Å². The molecule has 2 aromatic rings. The average molecular weight is 261 g/mol. The normalized spacial score (nSPS) is 10.4. The molecule has 0 bridgehead atoms. The highest BCUT2D eigenvalue weighted by Gasteiger charge is 2.03. The van der Waals surface area contributed by atoms with Gasteiger partial charge in [-0.3, -0.25) is 4.79 Å². The van der Waals surface area contributed by atoms with E-state index in [1.54, 1.807) is 23.0 Å². The molecule has 0 radical (unpaired) electrons. The van der Waals surface area contributed by atoms with Crippen LogP contribution in [0.1, 0.15) is 12.5 Å². The number of benzene rings is 1. The second kappa shape index (κ2) is 6.13. The molecule has 2 rings (SSSR count). The highest BCUT2D eigenvalue weighted by Crippen LogP contribution is 2.04. The zero-order chi connectivity index (χ0) is 13.7.